The molecule has 0 saturated carbocycles. The fourth-order valence-electron chi connectivity index (χ4n) is 1.39. The van der Waals surface area contributed by atoms with Crippen molar-refractivity contribution < 1.29 is 0 Å². The molecule has 0 radical (unpaired) electrons. The molecule has 0 aliphatic rings. The average Bonchev–Trinajstić information content (AvgIpc) is 2.17. The molecule has 0 fully saturated rings. The van der Waals surface area contributed by atoms with Crippen LogP contribution in [0.25, 0.3) is 0 Å². The van der Waals surface area contributed by atoms with Crippen molar-refractivity contribution >= 4 is 0 Å². The summed E-state index contributed by atoms with van der Waals surface area (Å²) in [7, 11) is 0. The molecular weight excluding hydrogens is 160 g/mol. The van der Waals surface area contributed by atoms with Crippen molar-refractivity contribution in [1.29, 1.82) is 0 Å². The second kappa shape index (κ2) is 5.73. The average molecular weight is 178 g/mol. The number of nitrogens with one attached hydrogen (secondary N) is 1. The standard InChI is InChI=1S/C11H18N2/c1-2-13-9-11-6-4-3-5-10(11)7-8-12/h3-6,13H,2,7-9,12H2,1H3. The first kappa shape index (κ1) is 10.2. The van der Waals surface area contributed by atoms with Crippen LogP contribution in [0.3, 0.4) is 0 Å². The largest absolute Gasteiger partial charge is 0.330 e. The van der Waals surface area contributed by atoms with Gasteiger partial charge in [0.2, 0.25) is 0 Å². The van der Waals surface area contributed by atoms with Gasteiger partial charge in [0.25, 0.3) is 0 Å². The highest BCUT2D eigenvalue weighted by atomic mass is 14.8. The van der Waals surface area contributed by atoms with Gasteiger partial charge < -0.3 is 11.1 Å². The first-order valence-corrected chi connectivity index (χ1v) is 4.86. The lowest BCUT2D eigenvalue weighted by Gasteiger charge is -2.08. The summed E-state index contributed by atoms with van der Waals surface area (Å²) in [5.41, 5.74) is 8.27. The van der Waals surface area contributed by atoms with E-state index in [1.54, 1.807) is 0 Å². The zero-order valence-corrected chi connectivity index (χ0v) is 8.22. The maximum atomic E-state index is 5.54. The Bertz CT molecular complexity index is 246. The molecule has 0 amide bonds. The molecular formula is C11H18N2. The third kappa shape index (κ3) is 3.17. The molecule has 3 N–H and O–H groups in total. The maximum absolute atomic E-state index is 5.54. The highest BCUT2D eigenvalue weighted by Gasteiger charge is 1.98. The predicted molar refractivity (Wildman–Crippen MR) is 56.6 cm³/mol. The highest BCUT2D eigenvalue weighted by Crippen LogP contribution is 2.08. The van der Waals surface area contributed by atoms with Crippen LogP contribution in [0.1, 0.15) is 18.1 Å². The second-order valence-corrected chi connectivity index (χ2v) is 3.09. The molecule has 0 heterocycles. The van der Waals surface area contributed by atoms with Crippen LogP contribution in [0.4, 0.5) is 0 Å². The van der Waals surface area contributed by atoms with Gasteiger partial charge in [0.15, 0.2) is 0 Å². The Morgan fingerprint density at radius 1 is 1.23 bits per heavy atom. The van der Waals surface area contributed by atoms with Crippen LogP contribution < -0.4 is 11.1 Å². The van der Waals surface area contributed by atoms with Gasteiger partial charge in [0, 0.05) is 6.54 Å². The summed E-state index contributed by atoms with van der Waals surface area (Å²) < 4.78 is 0. The van der Waals surface area contributed by atoms with Crippen molar-refractivity contribution in [3.63, 3.8) is 0 Å². The van der Waals surface area contributed by atoms with E-state index in [4.69, 9.17) is 5.73 Å². The van der Waals surface area contributed by atoms with E-state index in [1.807, 2.05) is 0 Å². The predicted octanol–water partition coefficient (Wildman–Crippen LogP) is 1.30. The summed E-state index contributed by atoms with van der Waals surface area (Å²) in [5.74, 6) is 0. The Kier molecular flexibility index (Phi) is 4.50. The van der Waals surface area contributed by atoms with E-state index in [2.05, 4.69) is 36.5 Å². The van der Waals surface area contributed by atoms with Gasteiger partial charge in [-0.15, -0.1) is 0 Å². The van der Waals surface area contributed by atoms with Gasteiger partial charge in [-0.3, -0.25) is 0 Å². The summed E-state index contributed by atoms with van der Waals surface area (Å²) in [6.07, 6.45) is 0.974. The molecule has 0 bridgehead atoms. The summed E-state index contributed by atoms with van der Waals surface area (Å²) in [5, 5.41) is 3.32. The minimum atomic E-state index is 0.725. The summed E-state index contributed by atoms with van der Waals surface area (Å²) in [6.45, 7) is 4.80. The van der Waals surface area contributed by atoms with E-state index in [0.717, 1.165) is 26.1 Å². The molecule has 0 spiro atoms. The van der Waals surface area contributed by atoms with Crippen LogP contribution in [0, 0.1) is 0 Å². The van der Waals surface area contributed by atoms with E-state index in [0.29, 0.717) is 0 Å². The van der Waals surface area contributed by atoms with E-state index < -0.39 is 0 Å². The molecule has 0 aliphatic heterocycles. The van der Waals surface area contributed by atoms with E-state index in [1.165, 1.54) is 11.1 Å². The van der Waals surface area contributed by atoms with Crippen LogP contribution in [0.5, 0.6) is 0 Å². The van der Waals surface area contributed by atoms with Crippen LogP contribution >= 0.6 is 0 Å². The summed E-state index contributed by atoms with van der Waals surface area (Å²) in [6, 6.07) is 8.46. The van der Waals surface area contributed by atoms with Crippen molar-refractivity contribution in [3.05, 3.63) is 35.4 Å². The smallest absolute Gasteiger partial charge is 0.0208 e. The molecule has 2 nitrogen and oxygen atoms in total. The van der Waals surface area contributed by atoms with Gasteiger partial charge >= 0.3 is 0 Å². The van der Waals surface area contributed by atoms with Gasteiger partial charge in [-0.25, -0.2) is 0 Å². The Balaban J connectivity index is 2.66. The van der Waals surface area contributed by atoms with Crippen molar-refractivity contribution in [3.8, 4) is 0 Å². The van der Waals surface area contributed by atoms with Crippen LogP contribution in [0.15, 0.2) is 24.3 Å². The highest BCUT2D eigenvalue weighted by molar-refractivity contribution is 5.27. The van der Waals surface area contributed by atoms with Crippen molar-refractivity contribution in [2.75, 3.05) is 13.1 Å². The van der Waals surface area contributed by atoms with Crippen molar-refractivity contribution in [1.82, 2.24) is 5.32 Å². The van der Waals surface area contributed by atoms with Gasteiger partial charge in [0.05, 0.1) is 0 Å². The fraction of sp³-hybridized carbons (Fsp3) is 0.455. The van der Waals surface area contributed by atoms with Gasteiger partial charge in [0.1, 0.15) is 0 Å². The van der Waals surface area contributed by atoms with Gasteiger partial charge in [-0.05, 0) is 30.6 Å². The zero-order valence-electron chi connectivity index (χ0n) is 8.22. The lowest BCUT2D eigenvalue weighted by Crippen LogP contribution is -2.14. The van der Waals surface area contributed by atoms with Crippen molar-refractivity contribution in [2.24, 2.45) is 5.73 Å². The number of nitrogens with two attached hydrogens (primary N) is 1. The topological polar surface area (TPSA) is 38.0 Å². The molecule has 2 heteroatoms. The fourth-order valence-corrected chi connectivity index (χ4v) is 1.39. The monoisotopic (exact) mass is 178 g/mol. The van der Waals surface area contributed by atoms with Crippen LogP contribution in [0.2, 0.25) is 0 Å². The zero-order chi connectivity index (χ0) is 9.52. The molecule has 0 atom stereocenters. The van der Waals surface area contributed by atoms with Crippen LogP contribution in [-0.2, 0) is 13.0 Å². The molecule has 0 unspecified atom stereocenters. The van der Waals surface area contributed by atoms with Gasteiger partial charge in [-0.1, -0.05) is 31.2 Å². The molecule has 13 heavy (non-hydrogen) atoms. The van der Waals surface area contributed by atoms with Gasteiger partial charge in [-0.2, -0.15) is 0 Å². The molecule has 0 aromatic heterocycles. The minimum absolute atomic E-state index is 0.725. The Morgan fingerprint density at radius 2 is 1.92 bits per heavy atom. The molecule has 1 rings (SSSR count). The first-order chi connectivity index (χ1) is 6.38. The van der Waals surface area contributed by atoms with E-state index in [9.17, 15) is 0 Å². The number of hydrogen-bond donors (Lipinski definition) is 2. The molecule has 1 aromatic carbocycles. The molecule has 0 saturated heterocycles. The summed E-state index contributed by atoms with van der Waals surface area (Å²) in [4.78, 5) is 0. The number of rotatable bonds is 5. The normalized spacial score (nSPS) is 10.3. The quantitative estimate of drug-likeness (QED) is 0.713. The number of hydrogen-bond acceptors (Lipinski definition) is 2. The van der Waals surface area contributed by atoms with E-state index in [-0.39, 0.29) is 0 Å². The SMILES string of the molecule is CCNCc1ccccc1CCN. The summed E-state index contributed by atoms with van der Waals surface area (Å²) >= 11 is 0. The Morgan fingerprint density at radius 3 is 2.54 bits per heavy atom. The lowest BCUT2D eigenvalue weighted by molar-refractivity contribution is 0.719. The minimum Gasteiger partial charge on any atom is -0.330 e. The molecule has 0 aliphatic carbocycles. The number of benzene rings is 1. The molecule has 72 valence electrons. The van der Waals surface area contributed by atoms with E-state index >= 15 is 0 Å². The maximum Gasteiger partial charge on any atom is 0.0208 e. The lowest BCUT2D eigenvalue weighted by atomic mass is 10.0. The Labute approximate surface area is 80.1 Å². The van der Waals surface area contributed by atoms with Crippen molar-refractivity contribution in [2.45, 2.75) is 19.9 Å². The Hall–Kier alpha value is -0.860. The van der Waals surface area contributed by atoms with Crippen LogP contribution in [-0.4, -0.2) is 13.1 Å². The second-order valence-electron chi connectivity index (χ2n) is 3.09. The third-order valence-corrected chi connectivity index (χ3v) is 2.10. The molecule has 1 aromatic rings. The first-order valence-electron chi connectivity index (χ1n) is 4.86. The third-order valence-electron chi connectivity index (χ3n) is 2.10.